The second-order valence-corrected chi connectivity index (χ2v) is 9.84. The molecule has 5 heteroatoms. The van der Waals surface area contributed by atoms with Gasteiger partial charge < -0.3 is 4.74 Å². The number of hydrogen-bond donors (Lipinski definition) is 0. The lowest BCUT2D eigenvalue weighted by atomic mass is 9.93. The zero-order chi connectivity index (χ0) is 18.5. The molecule has 1 spiro atoms. The van der Waals surface area contributed by atoms with Gasteiger partial charge in [0.15, 0.2) is 9.84 Å². The maximum Gasteiger partial charge on any atom is 0.175 e. The van der Waals surface area contributed by atoms with E-state index in [1.807, 2.05) is 24.3 Å². The van der Waals surface area contributed by atoms with Crippen LogP contribution in [0, 0.1) is 5.41 Å². The summed E-state index contributed by atoms with van der Waals surface area (Å²) in [5.74, 6) is 1.23. The molecule has 2 aliphatic rings. The van der Waals surface area contributed by atoms with E-state index in [1.165, 1.54) is 17.4 Å². The molecule has 4 rings (SSSR count). The van der Waals surface area contributed by atoms with E-state index in [0.29, 0.717) is 27.0 Å². The summed E-state index contributed by atoms with van der Waals surface area (Å²) in [6.07, 6.45) is 6.79. The predicted molar refractivity (Wildman–Crippen MR) is 105 cm³/mol. The summed E-state index contributed by atoms with van der Waals surface area (Å²) in [4.78, 5) is 0.367. The Hall–Kier alpha value is -1.78. The first kappa shape index (κ1) is 17.6. The topological polar surface area (TPSA) is 43.4 Å². The molecular weight excluding hydrogens is 368 g/mol. The molecule has 3 nitrogen and oxygen atoms in total. The summed E-state index contributed by atoms with van der Waals surface area (Å²) in [7, 11) is -1.52. The van der Waals surface area contributed by atoms with Crippen LogP contribution in [0.25, 0.3) is 5.57 Å². The van der Waals surface area contributed by atoms with E-state index in [9.17, 15) is 8.42 Å². The number of rotatable bonds is 4. The Labute approximate surface area is 159 Å². The van der Waals surface area contributed by atoms with Crippen molar-refractivity contribution in [1.29, 1.82) is 0 Å². The SMILES string of the molecule is COc1ccc(C2CC23CC=C(c2ccc(S(C)(=O)=O)cc2)C3)cc1Cl. The van der Waals surface area contributed by atoms with Gasteiger partial charge in [-0.25, -0.2) is 8.42 Å². The van der Waals surface area contributed by atoms with Gasteiger partial charge in [-0.2, -0.15) is 0 Å². The van der Waals surface area contributed by atoms with Crippen molar-refractivity contribution in [3.63, 3.8) is 0 Å². The number of ether oxygens (including phenoxy) is 1. The van der Waals surface area contributed by atoms with E-state index < -0.39 is 9.84 Å². The van der Waals surface area contributed by atoms with Gasteiger partial charge in [-0.3, -0.25) is 0 Å². The maximum absolute atomic E-state index is 11.6. The van der Waals surface area contributed by atoms with Crippen molar-refractivity contribution >= 4 is 27.0 Å². The van der Waals surface area contributed by atoms with Crippen molar-refractivity contribution in [2.45, 2.75) is 30.1 Å². The molecule has 1 saturated carbocycles. The average molecular weight is 389 g/mol. The lowest BCUT2D eigenvalue weighted by Crippen LogP contribution is -1.99. The monoisotopic (exact) mass is 388 g/mol. The minimum atomic E-state index is -3.15. The molecule has 0 amide bonds. The fourth-order valence-corrected chi connectivity index (χ4v) is 5.02. The first-order valence-corrected chi connectivity index (χ1v) is 10.9. The van der Waals surface area contributed by atoms with Crippen LogP contribution in [-0.4, -0.2) is 21.8 Å². The van der Waals surface area contributed by atoms with Crippen molar-refractivity contribution in [2.24, 2.45) is 5.41 Å². The van der Waals surface area contributed by atoms with E-state index in [-0.39, 0.29) is 0 Å². The van der Waals surface area contributed by atoms with E-state index in [4.69, 9.17) is 16.3 Å². The zero-order valence-corrected chi connectivity index (χ0v) is 16.4. The second kappa shape index (κ2) is 6.14. The molecule has 0 aliphatic heterocycles. The highest BCUT2D eigenvalue weighted by Crippen LogP contribution is 2.68. The molecule has 136 valence electrons. The highest BCUT2D eigenvalue weighted by molar-refractivity contribution is 7.90. The van der Waals surface area contributed by atoms with Gasteiger partial charge in [0.05, 0.1) is 17.0 Å². The van der Waals surface area contributed by atoms with Crippen molar-refractivity contribution in [2.75, 3.05) is 13.4 Å². The van der Waals surface area contributed by atoms with Crippen LogP contribution >= 0.6 is 11.6 Å². The number of hydrogen-bond acceptors (Lipinski definition) is 3. The molecule has 2 atom stereocenters. The van der Waals surface area contributed by atoms with Crippen LogP contribution in [0.3, 0.4) is 0 Å². The van der Waals surface area contributed by atoms with Gasteiger partial charge in [-0.15, -0.1) is 0 Å². The average Bonchev–Trinajstić information content (AvgIpc) is 3.14. The molecule has 2 aromatic rings. The van der Waals surface area contributed by atoms with Crippen molar-refractivity contribution in [1.82, 2.24) is 0 Å². The maximum atomic E-state index is 11.6. The third kappa shape index (κ3) is 3.06. The van der Waals surface area contributed by atoms with Gasteiger partial charge in [0.25, 0.3) is 0 Å². The summed E-state index contributed by atoms with van der Waals surface area (Å²) in [6, 6.07) is 13.3. The van der Waals surface area contributed by atoms with E-state index in [0.717, 1.165) is 24.8 Å². The van der Waals surface area contributed by atoms with E-state index >= 15 is 0 Å². The number of benzene rings is 2. The van der Waals surface area contributed by atoms with Gasteiger partial charge in [-0.05, 0) is 71.6 Å². The largest absolute Gasteiger partial charge is 0.495 e. The Morgan fingerprint density at radius 2 is 1.88 bits per heavy atom. The molecule has 0 heterocycles. The van der Waals surface area contributed by atoms with Crippen molar-refractivity contribution < 1.29 is 13.2 Å². The van der Waals surface area contributed by atoms with Crippen molar-refractivity contribution in [3.05, 3.63) is 64.7 Å². The molecule has 0 bridgehead atoms. The number of allylic oxidation sites excluding steroid dienone is 2. The zero-order valence-electron chi connectivity index (χ0n) is 14.8. The van der Waals surface area contributed by atoms with Gasteiger partial charge in [-0.1, -0.05) is 35.9 Å². The number of halogens is 1. The highest BCUT2D eigenvalue weighted by Gasteiger charge is 2.55. The van der Waals surface area contributed by atoms with Crippen LogP contribution < -0.4 is 4.74 Å². The van der Waals surface area contributed by atoms with Gasteiger partial charge in [0, 0.05) is 6.26 Å². The Morgan fingerprint density at radius 3 is 2.50 bits per heavy atom. The fraction of sp³-hybridized carbons (Fsp3) is 0.333. The Morgan fingerprint density at radius 1 is 1.15 bits per heavy atom. The highest BCUT2D eigenvalue weighted by atomic mass is 35.5. The fourth-order valence-electron chi connectivity index (χ4n) is 4.13. The van der Waals surface area contributed by atoms with Crippen LogP contribution in [0.15, 0.2) is 53.4 Å². The smallest absolute Gasteiger partial charge is 0.175 e. The summed E-state index contributed by atoms with van der Waals surface area (Å²) < 4.78 is 28.5. The lowest BCUT2D eigenvalue weighted by molar-refractivity contribution is 0.414. The summed E-state index contributed by atoms with van der Waals surface area (Å²) in [6.45, 7) is 0. The van der Waals surface area contributed by atoms with Gasteiger partial charge in [0.2, 0.25) is 0 Å². The first-order chi connectivity index (χ1) is 12.3. The van der Waals surface area contributed by atoms with Crippen LogP contribution in [0.2, 0.25) is 5.02 Å². The van der Waals surface area contributed by atoms with E-state index in [1.54, 1.807) is 19.2 Å². The molecule has 2 aliphatic carbocycles. The Kier molecular flexibility index (Phi) is 4.16. The third-order valence-corrected chi connectivity index (χ3v) is 7.14. The van der Waals surface area contributed by atoms with Crippen LogP contribution in [-0.2, 0) is 9.84 Å². The molecular formula is C21H21ClO3S. The van der Waals surface area contributed by atoms with Crippen molar-refractivity contribution in [3.8, 4) is 5.75 Å². The first-order valence-electron chi connectivity index (χ1n) is 8.65. The standard InChI is InChI=1S/C21H21ClO3S/c1-25-20-8-5-15(11-19(20)22)18-13-21(18)10-9-16(12-21)14-3-6-17(7-4-14)26(2,23)24/h3-9,11,18H,10,12-13H2,1-2H3. The molecule has 0 N–H and O–H groups in total. The Balaban J connectivity index is 1.50. The van der Waals surface area contributed by atoms with E-state index in [2.05, 4.69) is 12.1 Å². The quantitative estimate of drug-likeness (QED) is 0.731. The predicted octanol–water partition coefficient (Wildman–Crippen LogP) is 5.10. The van der Waals surface area contributed by atoms with Gasteiger partial charge in [0.1, 0.15) is 5.75 Å². The molecule has 0 radical (unpaired) electrons. The molecule has 0 saturated heterocycles. The third-order valence-electron chi connectivity index (χ3n) is 5.72. The minimum absolute atomic E-state index is 0.294. The summed E-state index contributed by atoms with van der Waals surface area (Å²) in [5.41, 5.74) is 4.00. The summed E-state index contributed by atoms with van der Waals surface area (Å²) >= 11 is 6.29. The molecule has 2 unspecified atom stereocenters. The molecule has 0 aromatic heterocycles. The number of methoxy groups -OCH3 is 1. The summed E-state index contributed by atoms with van der Waals surface area (Å²) in [5, 5.41) is 0.662. The normalized spacial score (nSPS) is 24.6. The lowest BCUT2D eigenvalue weighted by Gasteiger charge is -2.12. The Bertz CT molecular complexity index is 992. The number of sulfone groups is 1. The second-order valence-electron chi connectivity index (χ2n) is 7.42. The van der Waals surface area contributed by atoms with Crippen LogP contribution in [0.5, 0.6) is 5.75 Å². The molecule has 1 fully saturated rings. The minimum Gasteiger partial charge on any atom is -0.495 e. The molecule has 2 aromatic carbocycles. The molecule has 26 heavy (non-hydrogen) atoms. The van der Waals surface area contributed by atoms with Crippen LogP contribution in [0.4, 0.5) is 0 Å². The van der Waals surface area contributed by atoms with Crippen LogP contribution in [0.1, 0.15) is 36.3 Å². The van der Waals surface area contributed by atoms with Gasteiger partial charge >= 0.3 is 0 Å².